The van der Waals surface area contributed by atoms with Crippen molar-refractivity contribution in [2.75, 3.05) is 260 Å². The number of fused-ring (bicyclic) bond motifs is 4. The molecule has 0 aromatic heterocycles. The second kappa shape index (κ2) is 88.4. The molecule has 4 aromatic rings. The number of terminal acetylenes is 5. The summed E-state index contributed by atoms with van der Waals surface area (Å²) in [6.07, 6.45) is 27.5. The average molecular weight is 2200 g/mol. The van der Waals surface area contributed by atoms with E-state index >= 15 is 0 Å². The van der Waals surface area contributed by atoms with E-state index in [0.29, 0.717) is 209 Å². The first-order valence-electron chi connectivity index (χ1n) is 49.0. The van der Waals surface area contributed by atoms with E-state index in [1.165, 1.54) is 0 Å². The van der Waals surface area contributed by atoms with Gasteiger partial charge in [-0.3, -0.25) is 81.8 Å². The highest BCUT2D eigenvalue weighted by atomic mass is 127. The SMILES string of the molecule is C#CCN(CCC(=O)NCCN)CCC(=O)NCCN.C#CCN(CCC(=O)O)CCC(=O)O.C#CCOCCN(CCC(=O)NCCN)CCC(=O)NCCN.C#CCOCCN(CCC(=O)O)CCC(=O)O.C#CC[N+](C)(C)C.NCCNC(=O)CCN(CCC(=O)NCCN)CCC(=O)N1Cc2ccccc2C#Cc2ccccc21.O=C(O)CCN(CCC(=O)O)CCC(=O)N1Cc2ccccc2C#Cc2ccccc21.[I-]. The van der Waals surface area contributed by atoms with Crippen molar-refractivity contribution in [1.29, 1.82) is 0 Å². The third kappa shape index (κ3) is 73.6. The lowest BCUT2D eigenvalue weighted by molar-refractivity contribution is -0.862. The third-order valence-corrected chi connectivity index (χ3v) is 20.9. The van der Waals surface area contributed by atoms with Crippen LogP contribution in [0.5, 0.6) is 0 Å². The van der Waals surface area contributed by atoms with Crippen molar-refractivity contribution in [3.8, 4) is 85.4 Å². The first-order valence-corrected chi connectivity index (χ1v) is 49.0. The molecule has 24 N–H and O–H groups in total. The maximum Gasteiger partial charge on any atom is 0.304 e. The quantitative estimate of drug-likeness (QED) is 0.00865. The number of ether oxygens (including phenoxy) is 2. The van der Waals surface area contributed by atoms with Crippen molar-refractivity contribution in [3.05, 3.63) is 130 Å². The van der Waals surface area contributed by atoms with Crippen LogP contribution >= 0.6 is 0 Å². The summed E-state index contributed by atoms with van der Waals surface area (Å²) < 4.78 is 11.2. The number of rotatable bonds is 65. The van der Waals surface area contributed by atoms with E-state index in [-0.39, 0.29) is 188 Å². The Hall–Kier alpha value is -13.5. The van der Waals surface area contributed by atoms with Gasteiger partial charge >= 0.3 is 35.8 Å². The molecular weight excluding hydrogens is 2050 g/mol. The predicted molar refractivity (Wildman–Crippen MR) is 570 cm³/mol. The summed E-state index contributed by atoms with van der Waals surface area (Å²) in [5.74, 6) is 18.7. The number of hydrogen-bond acceptors (Lipinski definition) is 28. The Balaban J connectivity index is 0. The van der Waals surface area contributed by atoms with E-state index in [2.05, 4.69) is 106 Å². The number of benzene rings is 4. The number of carboxylic acid groups (broad SMARTS) is 6. The van der Waals surface area contributed by atoms with Crippen molar-refractivity contribution < 1.29 is 136 Å². The molecule has 6 rings (SSSR count). The molecule has 0 aliphatic carbocycles. The zero-order chi connectivity index (χ0) is 111. The average Bonchev–Trinajstić information content (AvgIpc) is 0.806. The third-order valence-electron chi connectivity index (χ3n) is 20.9. The molecule has 43 nitrogen and oxygen atoms in total. The molecule has 8 amide bonds. The van der Waals surface area contributed by atoms with Gasteiger partial charge in [0.05, 0.1) is 110 Å². The smallest absolute Gasteiger partial charge is 0.304 e. The highest BCUT2D eigenvalue weighted by Gasteiger charge is 2.26. The van der Waals surface area contributed by atoms with E-state index in [1.807, 2.05) is 112 Å². The number of hydrogen-bond donors (Lipinski definition) is 18. The number of carbonyl (C=O) groups is 14. The van der Waals surface area contributed by atoms with Crippen molar-refractivity contribution in [2.24, 2.45) is 34.4 Å². The normalized spacial score (nSPS) is 10.9. The predicted octanol–water partition coefficient (Wildman–Crippen LogP) is -4.06. The minimum Gasteiger partial charge on any atom is -1.00 e. The van der Waals surface area contributed by atoms with Crippen LogP contribution in [-0.2, 0) is 89.7 Å². The number of para-hydroxylation sites is 2. The Bertz CT molecular complexity index is 4940. The summed E-state index contributed by atoms with van der Waals surface area (Å²) in [4.78, 5) is 175. The van der Waals surface area contributed by atoms with E-state index in [0.717, 1.165) is 55.8 Å². The molecule has 0 saturated heterocycles. The van der Waals surface area contributed by atoms with Gasteiger partial charge in [-0.1, -0.05) is 108 Å². The molecule has 4 aromatic carbocycles. The van der Waals surface area contributed by atoms with Crippen LogP contribution in [0.1, 0.15) is 123 Å². The van der Waals surface area contributed by atoms with Gasteiger partial charge < -0.3 is 159 Å². The summed E-state index contributed by atoms with van der Waals surface area (Å²) in [5.41, 5.74) is 39.0. The van der Waals surface area contributed by atoms with Gasteiger partial charge in [-0.05, 0) is 53.4 Å². The zero-order valence-electron chi connectivity index (χ0n) is 86.8. The van der Waals surface area contributed by atoms with Crippen LogP contribution in [-0.4, -0.2) is 398 Å². The van der Waals surface area contributed by atoms with Crippen molar-refractivity contribution in [3.63, 3.8) is 0 Å². The Morgan fingerprint density at radius 3 is 0.767 bits per heavy atom. The Morgan fingerprint density at radius 1 is 0.313 bits per heavy atom. The van der Waals surface area contributed by atoms with Gasteiger partial charge in [0.1, 0.15) is 19.8 Å². The fourth-order valence-corrected chi connectivity index (χ4v) is 13.1. The molecule has 2 aliphatic rings. The first kappa shape index (κ1) is 139. The fourth-order valence-electron chi connectivity index (χ4n) is 13.1. The summed E-state index contributed by atoms with van der Waals surface area (Å²) in [6.45, 7) is 15.0. The van der Waals surface area contributed by atoms with Crippen LogP contribution in [0.3, 0.4) is 0 Å². The molecule has 2 aliphatic heterocycles. The number of nitrogens with zero attached hydrogens (tertiary/aromatic N) is 9. The molecule has 0 atom stereocenters. The molecular formula is C106H156IN21O22. The van der Waals surface area contributed by atoms with Gasteiger partial charge in [-0.15, -0.1) is 32.1 Å². The Morgan fingerprint density at radius 2 is 0.533 bits per heavy atom. The molecule has 0 radical (unpaired) electrons. The number of anilines is 2. The summed E-state index contributed by atoms with van der Waals surface area (Å²) in [6, 6.07) is 30.7. The second-order valence-corrected chi connectivity index (χ2v) is 34.0. The van der Waals surface area contributed by atoms with Crippen LogP contribution in [0.25, 0.3) is 0 Å². The van der Waals surface area contributed by atoms with E-state index in [4.69, 9.17) is 107 Å². The molecule has 0 spiro atoms. The first-order chi connectivity index (χ1) is 71.4. The fraction of sp³-hybridized carbons (Fsp3) is 0.509. The van der Waals surface area contributed by atoms with Crippen molar-refractivity contribution >= 4 is 94.4 Å². The van der Waals surface area contributed by atoms with E-state index in [1.54, 1.807) is 24.5 Å². The second-order valence-electron chi connectivity index (χ2n) is 34.0. The maximum absolute atomic E-state index is 13.6. The molecule has 0 saturated carbocycles. The zero-order valence-corrected chi connectivity index (χ0v) is 88.9. The summed E-state index contributed by atoms with van der Waals surface area (Å²) in [5, 5.41) is 68.1. The van der Waals surface area contributed by atoms with E-state index in [9.17, 15) is 67.1 Å². The molecule has 824 valence electrons. The minimum atomic E-state index is -0.959. The van der Waals surface area contributed by atoms with Crippen molar-refractivity contribution in [2.45, 2.75) is 103 Å². The molecule has 44 heteroatoms. The van der Waals surface area contributed by atoms with Crippen LogP contribution in [0.2, 0.25) is 0 Å². The van der Waals surface area contributed by atoms with Crippen LogP contribution in [0.15, 0.2) is 97.1 Å². The number of carboxylic acids is 6. The van der Waals surface area contributed by atoms with Crippen LogP contribution < -0.4 is 100 Å². The van der Waals surface area contributed by atoms with Crippen molar-refractivity contribution in [1.82, 2.24) is 61.3 Å². The van der Waals surface area contributed by atoms with E-state index < -0.39 is 35.8 Å². The summed E-state index contributed by atoms with van der Waals surface area (Å²) in [7, 11) is 6.21. The lowest BCUT2D eigenvalue weighted by Gasteiger charge is -2.28. The topological polar surface area (TPSA) is 633 Å². The number of amides is 8. The number of aliphatic carboxylic acids is 6. The molecule has 2 heterocycles. The number of halogens is 1. The molecule has 0 bridgehead atoms. The largest absolute Gasteiger partial charge is 1.00 e. The monoisotopic (exact) mass is 2200 g/mol. The van der Waals surface area contributed by atoms with Crippen LogP contribution in [0.4, 0.5) is 11.4 Å². The number of nitrogens with two attached hydrogens (primary N) is 6. The lowest BCUT2D eigenvalue weighted by atomic mass is 10.0. The van der Waals surface area contributed by atoms with Gasteiger partial charge in [0.25, 0.3) is 0 Å². The van der Waals surface area contributed by atoms with Gasteiger partial charge in [0, 0.05) is 257 Å². The maximum atomic E-state index is 13.6. The summed E-state index contributed by atoms with van der Waals surface area (Å²) >= 11 is 0. The standard InChI is InChI=1S/C28H36N6O3.C24H24N2O5.C15H29N5O3.C13H25N5O2.C11H17NO5.C9H13NO4.C6H12N.HI/c29-14-16-31-26(35)11-18-33(19-12-27(36)32-17-15-30)20-13-28(37)34-21-24-7-2-1-5-22(24)9-10-23-6-3-4-8-25(23)34;27-22(11-14-25(15-12-23(28)29)16-13-24(30)31)26-17-20-7-2-1-5-18(20)9-10-19-6-3-4-8-21(19)26;1-2-12-23-13-11-20(9-3-14(21)18-7-5-16)10-4-15(22)19-8-6-17;1-2-9-18(10-3-12(19)16-7-5-14)11-4-13(20)17-8-6-15;1-2-8-17-9-7-12(5-3-10(13)14)6-4-11(15)16;1-2-5-10(6-3-8(11)12)7-4-9(13)14;1-5-6-7(2,3)4;/h1-8H,11-21,29-30H2,(H,31,35)(H,32,36);1-8H,11-17H2,(H,28,29)(H,30,31);1H,3-13,16-17H2,(H,18,21)(H,19,22);1H,3-11,14-15H2,(H,16,19)(H,17,20);1H,3-9H2,(H,13,14)(H,15,16);1H,3-7H2,(H,11,12)(H,13,14);1H,6H2,2-4H3;1H/q;;;;;;+1;/p-1. The Kier molecular flexibility index (Phi) is 81.7. The van der Waals surface area contributed by atoms with Gasteiger partial charge in [0.15, 0.2) is 0 Å². The van der Waals surface area contributed by atoms with Gasteiger partial charge in [0.2, 0.25) is 47.3 Å². The molecule has 0 fully saturated rings. The van der Waals surface area contributed by atoms with Gasteiger partial charge in [-0.2, -0.15) is 0 Å². The lowest BCUT2D eigenvalue weighted by Crippen LogP contribution is -3.00. The van der Waals surface area contributed by atoms with Crippen LogP contribution in [0, 0.1) is 85.4 Å². The number of carbonyl (C=O) groups excluding carboxylic acids is 8. The van der Waals surface area contributed by atoms with Gasteiger partial charge in [-0.25, -0.2) is 0 Å². The highest BCUT2D eigenvalue weighted by molar-refractivity contribution is 5.96. The molecule has 0 unspecified atom stereocenters. The Labute approximate surface area is 899 Å². The highest BCUT2D eigenvalue weighted by Crippen LogP contribution is 2.28. The number of quaternary nitrogens is 1. The molecule has 150 heavy (non-hydrogen) atoms. The minimum absolute atomic E-state index is 0. The number of nitrogens with one attached hydrogen (secondary N) is 6.